The molecule has 8 heteroatoms. The summed E-state index contributed by atoms with van der Waals surface area (Å²) in [5.41, 5.74) is -0.0299. The lowest BCUT2D eigenvalue weighted by atomic mass is 9.86. The van der Waals surface area contributed by atoms with E-state index in [0.717, 1.165) is 36.7 Å². The lowest BCUT2D eigenvalue weighted by Crippen LogP contribution is -2.43. The largest absolute Gasteiger partial charge is 0.478 e. The van der Waals surface area contributed by atoms with Gasteiger partial charge in [-0.1, -0.05) is 12.8 Å². The van der Waals surface area contributed by atoms with Gasteiger partial charge in [0.15, 0.2) is 0 Å². The minimum atomic E-state index is -3.72. The normalized spacial score (nSPS) is 23.6. The molecule has 1 heterocycles. The summed E-state index contributed by atoms with van der Waals surface area (Å²) in [5.74, 6) is -1.22. The van der Waals surface area contributed by atoms with Crippen LogP contribution in [-0.2, 0) is 10.0 Å². The van der Waals surface area contributed by atoms with Crippen LogP contribution in [0.1, 0.15) is 36.0 Å². The lowest BCUT2D eigenvalue weighted by Gasteiger charge is -2.30. The van der Waals surface area contributed by atoms with Crippen molar-refractivity contribution in [3.8, 4) is 0 Å². The Bertz CT molecular complexity index is 580. The molecule has 1 aromatic heterocycles. The molecule has 0 aromatic carbocycles. The van der Waals surface area contributed by atoms with E-state index in [1.54, 1.807) is 0 Å². The molecular formula is C12H17NO5S2. The minimum absolute atomic E-state index is 0.00263. The molecule has 112 valence electrons. The van der Waals surface area contributed by atoms with Gasteiger partial charge in [-0.2, -0.15) is 0 Å². The summed E-state index contributed by atoms with van der Waals surface area (Å²) >= 11 is 0.888. The highest BCUT2D eigenvalue weighted by Gasteiger charge is 2.30. The van der Waals surface area contributed by atoms with Gasteiger partial charge in [-0.25, -0.2) is 17.9 Å². The Kier molecular flexibility index (Phi) is 4.79. The molecule has 0 aliphatic heterocycles. The quantitative estimate of drug-likeness (QED) is 0.758. The first-order chi connectivity index (χ1) is 9.44. The van der Waals surface area contributed by atoms with Gasteiger partial charge in [0, 0.05) is 18.0 Å². The Hall–Kier alpha value is -0.960. The molecule has 1 fully saturated rings. The fourth-order valence-corrected chi connectivity index (χ4v) is 4.92. The van der Waals surface area contributed by atoms with Gasteiger partial charge in [-0.15, -0.1) is 11.3 Å². The number of carbonyl (C=O) groups is 1. The summed E-state index contributed by atoms with van der Waals surface area (Å²) in [4.78, 5) is 10.8. The maximum atomic E-state index is 12.2. The molecule has 0 amide bonds. The highest BCUT2D eigenvalue weighted by molar-refractivity contribution is 7.91. The Labute approximate surface area is 121 Å². The molecule has 0 radical (unpaired) electrons. The molecule has 1 aliphatic carbocycles. The summed E-state index contributed by atoms with van der Waals surface area (Å²) in [6.07, 6.45) is 3.41. The van der Waals surface area contributed by atoms with Crippen LogP contribution in [0.5, 0.6) is 0 Å². The van der Waals surface area contributed by atoms with Crippen molar-refractivity contribution in [3.05, 3.63) is 17.0 Å². The first-order valence-corrected chi connectivity index (χ1v) is 8.75. The molecular weight excluding hydrogens is 302 g/mol. The zero-order chi connectivity index (χ0) is 14.8. The van der Waals surface area contributed by atoms with Crippen molar-refractivity contribution < 1.29 is 23.4 Å². The number of aromatic carboxylic acids is 1. The van der Waals surface area contributed by atoms with Gasteiger partial charge >= 0.3 is 5.97 Å². The average Bonchev–Trinajstić information content (AvgIpc) is 2.89. The molecule has 2 atom stereocenters. The van der Waals surface area contributed by atoms with Crippen LogP contribution >= 0.6 is 11.3 Å². The van der Waals surface area contributed by atoms with E-state index in [1.165, 1.54) is 5.38 Å². The Morgan fingerprint density at radius 1 is 1.40 bits per heavy atom. The van der Waals surface area contributed by atoms with Gasteiger partial charge in [0.1, 0.15) is 4.21 Å². The maximum absolute atomic E-state index is 12.2. The van der Waals surface area contributed by atoms with E-state index in [2.05, 4.69) is 4.72 Å². The molecule has 3 N–H and O–H groups in total. The summed E-state index contributed by atoms with van der Waals surface area (Å²) in [6, 6.07) is 0.876. The monoisotopic (exact) mass is 319 g/mol. The average molecular weight is 319 g/mol. The summed E-state index contributed by atoms with van der Waals surface area (Å²) in [7, 11) is -3.72. The maximum Gasteiger partial charge on any atom is 0.336 e. The molecule has 0 spiro atoms. The van der Waals surface area contributed by atoms with Crippen molar-refractivity contribution in [2.24, 2.45) is 5.92 Å². The van der Waals surface area contributed by atoms with Crippen LogP contribution < -0.4 is 4.72 Å². The van der Waals surface area contributed by atoms with Crippen molar-refractivity contribution in [1.82, 2.24) is 4.72 Å². The number of hydrogen-bond acceptors (Lipinski definition) is 5. The van der Waals surface area contributed by atoms with E-state index in [-0.39, 0.29) is 28.3 Å². The van der Waals surface area contributed by atoms with Gasteiger partial charge in [-0.05, 0) is 24.8 Å². The number of carboxylic acid groups (broad SMARTS) is 1. The predicted octanol–water partition coefficient (Wildman–Crippen LogP) is 1.28. The third kappa shape index (κ3) is 3.38. The Balaban J connectivity index is 2.15. The van der Waals surface area contributed by atoms with Crippen molar-refractivity contribution in [3.63, 3.8) is 0 Å². The number of rotatable bonds is 5. The summed E-state index contributed by atoms with van der Waals surface area (Å²) in [6.45, 7) is -0.0436. The zero-order valence-corrected chi connectivity index (χ0v) is 12.4. The number of sulfonamides is 1. The van der Waals surface area contributed by atoms with E-state index < -0.39 is 16.0 Å². The molecule has 0 bridgehead atoms. The van der Waals surface area contributed by atoms with Crippen molar-refractivity contribution >= 4 is 27.3 Å². The van der Waals surface area contributed by atoms with Crippen LogP contribution in [0.2, 0.25) is 0 Å². The van der Waals surface area contributed by atoms with E-state index >= 15 is 0 Å². The van der Waals surface area contributed by atoms with Crippen LogP contribution in [0.4, 0.5) is 0 Å². The third-order valence-corrected chi connectivity index (χ3v) is 6.47. The summed E-state index contributed by atoms with van der Waals surface area (Å²) in [5, 5.41) is 19.4. The number of carboxylic acids is 1. The lowest BCUT2D eigenvalue weighted by molar-refractivity contribution is 0.0697. The number of hydrogen-bond donors (Lipinski definition) is 3. The smallest absolute Gasteiger partial charge is 0.336 e. The molecule has 2 unspecified atom stereocenters. The Morgan fingerprint density at radius 2 is 2.10 bits per heavy atom. The number of thiophene rings is 1. The highest BCUT2D eigenvalue weighted by Crippen LogP contribution is 2.27. The molecule has 20 heavy (non-hydrogen) atoms. The van der Waals surface area contributed by atoms with Crippen LogP contribution in [0.3, 0.4) is 0 Å². The molecule has 1 aromatic rings. The van der Waals surface area contributed by atoms with Gasteiger partial charge in [0.25, 0.3) is 0 Å². The molecule has 1 saturated carbocycles. The highest BCUT2D eigenvalue weighted by atomic mass is 32.2. The fourth-order valence-electron chi connectivity index (χ4n) is 2.41. The van der Waals surface area contributed by atoms with Crippen molar-refractivity contribution in [2.75, 3.05) is 6.61 Å². The fraction of sp³-hybridized carbons (Fsp3) is 0.583. The molecule has 2 rings (SSSR count). The second-order valence-electron chi connectivity index (χ2n) is 4.91. The predicted molar refractivity (Wildman–Crippen MR) is 74.4 cm³/mol. The van der Waals surface area contributed by atoms with Crippen molar-refractivity contribution in [2.45, 2.75) is 35.9 Å². The van der Waals surface area contributed by atoms with Crippen LogP contribution in [-0.4, -0.2) is 37.2 Å². The van der Waals surface area contributed by atoms with Crippen LogP contribution in [0.15, 0.2) is 15.7 Å². The molecule has 1 aliphatic rings. The van der Waals surface area contributed by atoms with Crippen LogP contribution in [0, 0.1) is 5.92 Å². The number of aliphatic hydroxyl groups excluding tert-OH is 1. The molecule has 6 nitrogen and oxygen atoms in total. The van der Waals surface area contributed by atoms with Gasteiger partial charge in [-0.3, -0.25) is 0 Å². The standard InChI is InChI=1S/C12H17NO5S2/c14-6-8-3-1-2-4-10(8)13-20(17,18)11-5-9(7-19-11)12(15)16/h5,7-8,10,13-14H,1-4,6H2,(H,15,16). The van der Waals surface area contributed by atoms with E-state index in [4.69, 9.17) is 5.11 Å². The van der Waals surface area contributed by atoms with E-state index in [9.17, 15) is 18.3 Å². The first-order valence-electron chi connectivity index (χ1n) is 6.39. The summed E-state index contributed by atoms with van der Waals surface area (Å²) < 4.78 is 27.0. The van der Waals surface area contributed by atoms with Gasteiger partial charge < -0.3 is 10.2 Å². The van der Waals surface area contributed by atoms with Gasteiger partial charge in [0.2, 0.25) is 10.0 Å². The SMILES string of the molecule is O=C(O)c1csc(S(=O)(=O)NC2CCCCC2CO)c1. The van der Waals surface area contributed by atoms with E-state index in [0.29, 0.717) is 6.42 Å². The zero-order valence-electron chi connectivity index (χ0n) is 10.8. The second kappa shape index (κ2) is 6.21. The van der Waals surface area contributed by atoms with Crippen molar-refractivity contribution in [1.29, 1.82) is 0 Å². The van der Waals surface area contributed by atoms with Crippen LogP contribution in [0.25, 0.3) is 0 Å². The number of nitrogens with one attached hydrogen (secondary N) is 1. The third-order valence-electron chi connectivity index (χ3n) is 3.54. The van der Waals surface area contributed by atoms with Gasteiger partial charge in [0.05, 0.1) is 5.56 Å². The topological polar surface area (TPSA) is 104 Å². The Morgan fingerprint density at radius 3 is 2.70 bits per heavy atom. The first kappa shape index (κ1) is 15.4. The molecule has 0 saturated heterocycles. The van der Waals surface area contributed by atoms with E-state index in [1.807, 2.05) is 0 Å². The second-order valence-corrected chi connectivity index (χ2v) is 7.77. The number of aliphatic hydroxyl groups is 1. The minimum Gasteiger partial charge on any atom is -0.478 e.